The van der Waals surface area contributed by atoms with Crippen LogP contribution in [-0.2, 0) is 11.3 Å². The summed E-state index contributed by atoms with van der Waals surface area (Å²) in [5.41, 5.74) is 1.55. The number of rotatable bonds is 6. The molecule has 1 amide bonds. The van der Waals surface area contributed by atoms with Crippen LogP contribution in [0.5, 0.6) is 5.75 Å². The maximum Gasteiger partial charge on any atom is 0.291 e. The SMILES string of the molecule is COc1ccc(Cl)cc1NC(=O)Cn1c(SC(F)F)nc2ccccc21. The van der Waals surface area contributed by atoms with Crippen LogP contribution < -0.4 is 10.1 Å². The molecule has 26 heavy (non-hydrogen) atoms. The average Bonchev–Trinajstić information content (AvgIpc) is 2.92. The number of carbonyl (C=O) groups excluding carboxylic acids is 1. The number of thioether (sulfide) groups is 1. The predicted molar refractivity (Wildman–Crippen MR) is 98.2 cm³/mol. The zero-order chi connectivity index (χ0) is 18.7. The molecule has 0 fully saturated rings. The van der Waals surface area contributed by atoms with Gasteiger partial charge in [-0.1, -0.05) is 23.7 Å². The molecule has 136 valence electrons. The fourth-order valence-electron chi connectivity index (χ4n) is 2.49. The molecule has 0 bridgehead atoms. The molecular weight excluding hydrogens is 384 g/mol. The molecule has 0 aliphatic heterocycles. The summed E-state index contributed by atoms with van der Waals surface area (Å²) in [4.78, 5) is 16.7. The van der Waals surface area contributed by atoms with Gasteiger partial charge in [-0.15, -0.1) is 0 Å². The molecule has 0 saturated carbocycles. The summed E-state index contributed by atoms with van der Waals surface area (Å²) in [6.45, 7) is -0.175. The number of carbonyl (C=O) groups is 1. The Morgan fingerprint density at radius 2 is 2.12 bits per heavy atom. The number of hydrogen-bond acceptors (Lipinski definition) is 4. The Balaban J connectivity index is 1.88. The zero-order valence-corrected chi connectivity index (χ0v) is 15.2. The van der Waals surface area contributed by atoms with Crippen molar-refractivity contribution in [1.29, 1.82) is 0 Å². The van der Waals surface area contributed by atoms with Gasteiger partial charge in [-0.25, -0.2) is 4.98 Å². The second-order valence-corrected chi connectivity index (χ2v) is 6.63. The van der Waals surface area contributed by atoms with Gasteiger partial charge in [0.1, 0.15) is 12.3 Å². The summed E-state index contributed by atoms with van der Waals surface area (Å²) in [5.74, 6) is -2.60. The van der Waals surface area contributed by atoms with Gasteiger partial charge in [0, 0.05) is 5.02 Å². The van der Waals surface area contributed by atoms with E-state index in [1.54, 1.807) is 42.5 Å². The first-order chi connectivity index (χ1) is 12.5. The Bertz CT molecular complexity index is 949. The first-order valence-corrected chi connectivity index (χ1v) is 8.77. The third-order valence-electron chi connectivity index (χ3n) is 3.55. The topological polar surface area (TPSA) is 56.1 Å². The molecule has 5 nitrogen and oxygen atoms in total. The van der Waals surface area contributed by atoms with E-state index in [1.165, 1.54) is 11.7 Å². The van der Waals surface area contributed by atoms with E-state index in [0.717, 1.165) is 0 Å². The summed E-state index contributed by atoms with van der Waals surface area (Å²) in [5, 5.41) is 3.20. The minimum absolute atomic E-state index is 0.0782. The lowest BCUT2D eigenvalue weighted by atomic mass is 10.3. The van der Waals surface area contributed by atoms with Gasteiger partial charge < -0.3 is 14.6 Å². The van der Waals surface area contributed by atoms with Crippen molar-refractivity contribution in [1.82, 2.24) is 9.55 Å². The Kier molecular flexibility index (Phi) is 5.63. The third kappa shape index (κ3) is 4.08. The molecule has 3 rings (SSSR count). The van der Waals surface area contributed by atoms with E-state index in [0.29, 0.717) is 39.3 Å². The summed E-state index contributed by atoms with van der Waals surface area (Å²) in [6, 6.07) is 11.8. The number of anilines is 1. The molecule has 0 atom stereocenters. The maximum absolute atomic E-state index is 12.8. The highest BCUT2D eigenvalue weighted by Gasteiger charge is 2.18. The van der Waals surface area contributed by atoms with E-state index in [9.17, 15) is 13.6 Å². The van der Waals surface area contributed by atoms with Crippen LogP contribution in [0.4, 0.5) is 14.5 Å². The molecule has 2 aromatic carbocycles. The van der Waals surface area contributed by atoms with Gasteiger partial charge >= 0.3 is 0 Å². The van der Waals surface area contributed by atoms with Gasteiger partial charge in [0.05, 0.1) is 23.8 Å². The number of alkyl halides is 2. The Labute approximate surface area is 157 Å². The van der Waals surface area contributed by atoms with Crippen LogP contribution in [-0.4, -0.2) is 28.3 Å². The lowest BCUT2D eigenvalue weighted by Crippen LogP contribution is -2.19. The van der Waals surface area contributed by atoms with Crippen molar-refractivity contribution in [3.05, 3.63) is 47.5 Å². The maximum atomic E-state index is 12.8. The number of halogens is 3. The number of nitrogens with zero attached hydrogens (tertiary/aromatic N) is 2. The lowest BCUT2D eigenvalue weighted by Gasteiger charge is -2.12. The zero-order valence-electron chi connectivity index (χ0n) is 13.6. The van der Waals surface area contributed by atoms with Crippen molar-refractivity contribution in [2.24, 2.45) is 0 Å². The number of benzene rings is 2. The van der Waals surface area contributed by atoms with Crippen LogP contribution in [0, 0.1) is 0 Å². The highest BCUT2D eigenvalue weighted by atomic mass is 35.5. The van der Waals surface area contributed by atoms with E-state index >= 15 is 0 Å². The molecule has 9 heteroatoms. The number of nitrogens with one attached hydrogen (secondary N) is 1. The number of amides is 1. The van der Waals surface area contributed by atoms with E-state index in [1.807, 2.05) is 0 Å². The predicted octanol–water partition coefficient (Wildman–Crippen LogP) is 4.65. The third-order valence-corrected chi connectivity index (χ3v) is 4.49. The van der Waals surface area contributed by atoms with Gasteiger partial charge in [-0.2, -0.15) is 8.78 Å². The number of hydrogen-bond donors (Lipinski definition) is 1. The van der Waals surface area contributed by atoms with Gasteiger partial charge in [0.15, 0.2) is 5.16 Å². The summed E-state index contributed by atoms with van der Waals surface area (Å²) in [6.07, 6.45) is 0. The molecule has 0 aliphatic rings. The molecule has 1 aromatic heterocycles. The summed E-state index contributed by atoms with van der Waals surface area (Å²) < 4.78 is 32.3. The normalized spacial score (nSPS) is 11.1. The number of imidazole rings is 1. The molecule has 0 spiro atoms. The number of para-hydroxylation sites is 2. The fourth-order valence-corrected chi connectivity index (χ4v) is 3.26. The van der Waals surface area contributed by atoms with Gasteiger partial charge in [-0.05, 0) is 42.1 Å². The van der Waals surface area contributed by atoms with E-state index in [4.69, 9.17) is 16.3 Å². The first-order valence-electron chi connectivity index (χ1n) is 7.51. The van der Waals surface area contributed by atoms with Crippen LogP contribution in [0.25, 0.3) is 11.0 Å². The van der Waals surface area contributed by atoms with Crippen LogP contribution in [0.2, 0.25) is 5.02 Å². The quantitative estimate of drug-likeness (QED) is 0.615. The van der Waals surface area contributed by atoms with Crippen molar-refractivity contribution in [2.75, 3.05) is 12.4 Å². The van der Waals surface area contributed by atoms with Crippen LogP contribution in [0.15, 0.2) is 47.6 Å². The van der Waals surface area contributed by atoms with E-state index < -0.39 is 11.7 Å². The Morgan fingerprint density at radius 3 is 2.85 bits per heavy atom. The summed E-state index contributed by atoms with van der Waals surface area (Å²) in [7, 11) is 1.47. The highest BCUT2D eigenvalue weighted by molar-refractivity contribution is 7.99. The van der Waals surface area contributed by atoms with Crippen LogP contribution in [0.1, 0.15) is 0 Å². The fraction of sp³-hybridized carbons (Fsp3) is 0.176. The smallest absolute Gasteiger partial charge is 0.291 e. The molecule has 0 aliphatic carbocycles. The van der Waals surface area contributed by atoms with E-state index in [2.05, 4.69) is 10.3 Å². The van der Waals surface area contributed by atoms with Crippen molar-refractivity contribution in [3.63, 3.8) is 0 Å². The van der Waals surface area contributed by atoms with Crippen LogP contribution >= 0.6 is 23.4 Å². The molecule has 1 N–H and O–H groups in total. The van der Waals surface area contributed by atoms with Gasteiger partial charge in [0.25, 0.3) is 5.76 Å². The standard InChI is InChI=1S/C17H14ClF2N3O2S/c1-25-14-7-6-10(18)8-12(14)21-15(24)9-23-13-5-3-2-4-11(13)22-17(23)26-16(19)20/h2-8,16H,9H2,1H3,(H,21,24). The largest absolute Gasteiger partial charge is 0.495 e. The lowest BCUT2D eigenvalue weighted by molar-refractivity contribution is -0.116. The highest BCUT2D eigenvalue weighted by Crippen LogP contribution is 2.30. The molecule has 0 unspecified atom stereocenters. The van der Waals surface area contributed by atoms with Crippen molar-refractivity contribution >= 4 is 46.0 Å². The van der Waals surface area contributed by atoms with Crippen molar-refractivity contribution in [2.45, 2.75) is 17.5 Å². The van der Waals surface area contributed by atoms with Crippen LogP contribution in [0.3, 0.4) is 0 Å². The molecular formula is C17H14ClF2N3O2S. The average molecular weight is 398 g/mol. The van der Waals surface area contributed by atoms with Crippen molar-refractivity contribution in [3.8, 4) is 5.75 Å². The van der Waals surface area contributed by atoms with Gasteiger partial charge in [-0.3, -0.25) is 4.79 Å². The molecule has 0 saturated heterocycles. The number of fused-ring (bicyclic) bond motifs is 1. The second kappa shape index (κ2) is 7.92. The number of aromatic nitrogens is 2. The summed E-state index contributed by atoms with van der Waals surface area (Å²) >= 11 is 6.25. The van der Waals surface area contributed by atoms with Gasteiger partial charge in [0.2, 0.25) is 5.91 Å². The number of methoxy groups -OCH3 is 1. The first kappa shape index (κ1) is 18.5. The second-order valence-electron chi connectivity index (χ2n) is 5.24. The Morgan fingerprint density at radius 1 is 1.35 bits per heavy atom. The van der Waals surface area contributed by atoms with Crippen molar-refractivity contribution < 1.29 is 18.3 Å². The molecule has 1 heterocycles. The molecule has 3 aromatic rings. The molecule has 0 radical (unpaired) electrons. The Hall–Kier alpha value is -2.32. The minimum atomic E-state index is -2.64. The minimum Gasteiger partial charge on any atom is -0.495 e. The monoisotopic (exact) mass is 397 g/mol. The number of ether oxygens (including phenoxy) is 1. The van der Waals surface area contributed by atoms with E-state index in [-0.39, 0.29) is 11.7 Å².